The van der Waals surface area contributed by atoms with Crippen LogP contribution in [0, 0.1) is 0 Å². The summed E-state index contributed by atoms with van der Waals surface area (Å²) in [7, 11) is 0. The number of para-hydroxylation sites is 1. The molecule has 8 heteroatoms. The number of hydrazine groups is 1. The molecule has 28 heavy (non-hydrogen) atoms. The van der Waals surface area contributed by atoms with E-state index in [2.05, 4.69) is 21.5 Å². The zero-order valence-corrected chi connectivity index (χ0v) is 16.4. The molecule has 0 aliphatic heterocycles. The Hall–Kier alpha value is -3.23. The van der Waals surface area contributed by atoms with Gasteiger partial charge in [-0.2, -0.15) is 0 Å². The van der Waals surface area contributed by atoms with Crippen LogP contribution in [0.25, 0.3) is 10.8 Å². The lowest BCUT2D eigenvalue weighted by Gasteiger charge is -2.14. The van der Waals surface area contributed by atoms with E-state index >= 15 is 0 Å². The van der Waals surface area contributed by atoms with Gasteiger partial charge in [-0.3, -0.25) is 21.0 Å². The molecule has 0 saturated carbocycles. The number of amides is 1. The third-order valence-electron chi connectivity index (χ3n) is 3.67. The van der Waals surface area contributed by atoms with E-state index in [1.165, 1.54) is 0 Å². The third-order valence-corrected chi connectivity index (χ3v) is 4.07. The summed E-state index contributed by atoms with van der Waals surface area (Å²) in [5.41, 5.74) is 6.18. The molecule has 0 aromatic heterocycles. The summed E-state index contributed by atoms with van der Waals surface area (Å²) in [5.74, 6) is 0.230. The standard InChI is InChI=1S/C20H18N4O2S2/c25-18(13-26-17-11-10-14-6-4-5-7-15(14)12-17)22-20(28)24-23-19(27)21-16-8-2-1-3-9-16/h1-12H,13H2,(H2,21,23,27)(H2,22,24,25,28). The van der Waals surface area contributed by atoms with Crippen molar-refractivity contribution >= 4 is 57.0 Å². The van der Waals surface area contributed by atoms with Crippen molar-refractivity contribution in [1.82, 2.24) is 16.2 Å². The van der Waals surface area contributed by atoms with E-state index in [9.17, 15) is 4.79 Å². The second-order valence-corrected chi connectivity index (χ2v) is 6.56. The summed E-state index contributed by atoms with van der Waals surface area (Å²) in [5, 5.41) is 8.04. The van der Waals surface area contributed by atoms with Crippen molar-refractivity contribution in [3.8, 4) is 5.75 Å². The SMILES string of the molecule is O=C(COc1ccc2ccccc2c1)NC(=S)NNC(=S)Nc1ccccc1. The Balaban J connectivity index is 1.40. The molecule has 3 aromatic carbocycles. The lowest BCUT2D eigenvalue weighted by Crippen LogP contribution is -2.50. The quantitative estimate of drug-likeness (QED) is 0.389. The number of anilines is 1. The molecule has 0 atom stereocenters. The molecule has 0 aliphatic carbocycles. The van der Waals surface area contributed by atoms with Gasteiger partial charge in [0.05, 0.1) is 0 Å². The van der Waals surface area contributed by atoms with Gasteiger partial charge in [0, 0.05) is 5.69 Å². The van der Waals surface area contributed by atoms with Gasteiger partial charge in [-0.15, -0.1) is 0 Å². The minimum absolute atomic E-state index is 0.0873. The van der Waals surface area contributed by atoms with E-state index in [4.69, 9.17) is 29.2 Å². The van der Waals surface area contributed by atoms with Crippen molar-refractivity contribution in [2.24, 2.45) is 0 Å². The Morgan fingerprint density at radius 3 is 2.29 bits per heavy atom. The van der Waals surface area contributed by atoms with Crippen molar-refractivity contribution in [1.29, 1.82) is 0 Å². The Bertz CT molecular complexity index is 996. The van der Waals surface area contributed by atoms with Gasteiger partial charge < -0.3 is 10.1 Å². The summed E-state index contributed by atoms with van der Waals surface area (Å²) in [6.07, 6.45) is 0. The van der Waals surface area contributed by atoms with E-state index in [-0.39, 0.29) is 17.6 Å². The number of nitrogens with one attached hydrogen (secondary N) is 4. The van der Waals surface area contributed by atoms with Crippen LogP contribution in [0.15, 0.2) is 72.8 Å². The van der Waals surface area contributed by atoms with Gasteiger partial charge in [0.1, 0.15) is 5.75 Å². The van der Waals surface area contributed by atoms with Crippen molar-refractivity contribution < 1.29 is 9.53 Å². The third kappa shape index (κ3) is 5.90. The van der Waals surface area contributed by atoms with Crippen LogP contribution >= 0.6 is 24.4 Å². The van der Waals surface area contributed by atoms with Crippen molar-refractivity contribution in [3.63, 3.8) is 0 Å². The van der Waals surface area contributed by atoms with Crippen LogP contribution in [0.5, 0.6) is 5.75 Å². The molecule has 0 radical (unpaired) electrons. The van der Waals surface area contributed by atoms with Crippen LogP contribution in [0.1, 0.15) is 0 Å². The van der Waals surface area contributed by atoms with Crippen LogP contribution in [0.2, 0.25) is 0 Å². The molecule has 6 nitrogen and oxygen atoms in total. The maximum atomic E-state index is 12.0. The predicted octanol–water partition coefficient (Wildman–Crippen LogP) is 3.11. The predicted molar refractivity (Wildman–Crippen MR) is 119 cm³/mol. The lowest BCUT2D eigenvalue weighted by atomic mass is 10.1. The monoisotopic (exact) mass is 410 g/mol. The number of carbonyl (C=O) groups is 1. The fourth-order valence-electron chi connectivity index (χ4n) is 2.40. The molecule has 0 heterocycles. The number of hydrogen-bond donors (Lipinski definition) is 4. The topological polar surface area (TPSA) is 74.4 Å². The largest absolute Gasteiger partial charge is 0.484 e. The maximum Gasteiger partial charge on any atom is 0.264 e. The fourth-order valence-corrected chi connectivity index (χ4v) is 2.73. The first-order valence-corrected chi connectivity index (χ1v) is 9.25. The zero-order chi connectivity index (χ0) is 19.8. The summed E-state index contributed by atoms with van der Waals surface area (Å²) in [6.45, 7) is -0.160. The highest BCUT2D eigenvalue weighted by Gasteiger charge is 2.06. The first kappa shape index (κ1) is 19.5. The average molecular weight is 411 g/mol. The molecule has 142 valence electrons. The van der Waals surface area contributed by atoms with Crippen molar-refractivity contribution in [2.45, 2.75) is 0 Å². The fraction of sp³-hybridized carbons (Fsp3) is 0.0500. The highest BCUT2D eigenvalue weighted by atomic mass is 32.1. The smallest absolute Gasteiger partial charge is 0.264 e. The molecule has 0 spiro atoms. The number of ether oxygens (including phenoxy) is 1. The number of benzene rings is 3. The van der Waals surface area contributed by atoms with Gasteiger partial charge in [-0.1, -0.05) is 48.5 Å². The van der Waals surface area contributed by atoms with E-state index in [1.807, 2.05) is 72.8 Å². The second kappa shape index (κ2) is 9.63. The highest BCUT2D eigenvalue weighted by molar-refractivity contribution is 7.80. The van der Waals surface area contributed by atoms with Gasteiger partial charge in [-0.25, -0.2) is 0 Å². The van der Waals surface area contributed by atoms with Gasteiger partial charge in [0.25, 0.3) is 5.91 Å². The van der Waals surface area contributed by atoms with E-state index in [0.29, 0.717) is 10.9 Å². The number of fused-ring (bicyclic) bond motifs is 1. The first-order chi connectivity index (χ1) is 13.6. The van der Waals surface area contributed by atoms with Crippen molar-refractivity contribution in [2.75, 3.05) is 11.9 Å². The average Bonchev–Trinajstić information content (AvgIpc) is 2.71. The molecule has 0 bridgehead atoms. The number of rotatable bonds is 4. The lowest BCUT2D eigenvalue weighted by molar-refractivity contribution is -0.121. The molecule has 1 amide bonds. The normalized spacial score (nSPS) is 10.0. The summed E-state index contributed by atoms with van der Waals surface area (Å²) in [6, 6.07) is 23.0. The van der Waals surface area contributed by atoms with Crippen LogP contribution in [-0.2, 0) is 4.79 Å². The van der Waals surface area contributed by atoms with E-state index in [0.717, 1.165) is 16.5 Å². The number of hydrogen-bond acceptors (Lipinski definition) is 4. The van der Waals surface area contributed by atoms with Gasteiger partial charge >= 0.3 is 0 Å². The van der Waals surface area contributed by atoms with E-state index < -0.39 is 0 Å². The molecule has 3 rings (SSSR count). The Morgan fingerprint density at radius 2 is 1.50 bits per heavy atom. The first-order valence-electron chi connectivity index (χ1n) is 8.43. The van der Waals surface area contributed by atoms with Crippen LogP contribution in [0.3, 0.4) is 0 Å². The summed E-state index contributed by atoms with van der Waals surface area (Å²) >= 11 is 10.2. The Labute approximate surface area is 173 Å². The van der Waals surface area contributed by atoms with Crippen LogP contribution in [-0.4, -0.2) is 22.7 Å². The maximum absolute atomic E-state index is 12.0. The van der Waals surface area contributed by atoms with Crippen LogP contribution in [0.4, 0.5) is 5.69 Å². The minimum Gasteiger partial charge on any atom is -0.484 e. The molecule has 3 aromatic rings. The molecule has 0 fully saturated rings. The van der Waals surface area contributed by atoms with E-state index in [1.54, 1.807) is 0 Å². The molecule has 0 unspecified atom stereocenters. The molecule has 0 saturated heterocycles. The summed E-state index contributed by atoms with van der Waals surface area (Å²) in [4.78, 5) is 12.0. The second-order valence-electron chi connectivity index (χ2n) is 5.75. The zero-order valence-electron chi connectivity index (χ0n) is 14.8. The molecule has 4 N–H and O–H groups in total. The Morgan fingerprint density at radius 1 is 0.821 bits per heavy atom. The Kier molecular flexibility index (Phi) is 6.72. The van der Waals surface area contributed by atoms with Gasteiger partial charge in [0.2, 0.25) is 0 Å². The summed E-state index contributed by atoms with van der Waals surface area (Å²) < 4.78 is 5.52. The highest BCUT2D eigenvalue weighted by Crippen LogP contribution is 2.20. The minimum atomic E-state index is -0.380. The number of thiocarbonyl (C=S) groups is 2. The van der Waals surface area contributed by atoms with Crippen molar-refractivity contribution in [3.05, 3.63) is 72.8 Å². The molecule has 0 aliphatic rings. The van der Waals surface area contributed by atoms with Gasteiger partial charge in [0.15, 0.2) is 16.8 Å². The molecular weight excluding hydrogens is 392 g/mol. The van der Waals surface area contributed by atoms with Gasteiger partial charge in [-0.05, 0) is 59.5 Å². The molecular formula is C20H18N4O2S2. The van der Waals surface area contributed by atoms with Crippen LogP contribution < -0.4 is 26.2 Å². The number of carbonyl (C=O) groups excluding carboxylic acids is 1.